The Morgan fingerprint density at radius 3 is 2.48 bits per heavy atom. The SMILES string of the molecule is CCOC(=O)C(O)=CC(=O)c1oc(C2CCS(=O)(=O)CC2)cc1Cc1ccc(F)cc1. The molecule has 31 heavy (non-hydrogen) atoms. The van der Waals surface area contributed by atoms with Gasteiger partial charge in [0.1, 0.15) is 21.4 Å². The van der Waals surface area contributed by atoms with Crippen molar-refractivity contribution >= 4 is 21.6 Å². The first-order valence-corrected chi connectivity index (χ1v) is 11.7. The number of benzene rings is 1. The number of aliphatic hydroxyl groups excluding tert-OH is 1. The molecule has 3 rings (SSSR count). The van der Waals surface area contributed by atoms with Gasteiger partial charge in [0.25, 0.3) is 0 Å². The van der Waals surface area contributed by atoms with Gasteiger partial charge >= 0.3 is 5.97 Å². The lowest BCUT2D eigenvalue weighted by atomic mass is 9.98. The standard InChI is InChI=1S/C22H23FO7S/c1-2-29-22(26)19(25)13-18(24)21-16(11-14-3-5-17(23)6-4-14)12-20(30-21)15-7-9-31(27,28)10-8-15/h3-6,12-13,15,25H,2,7-11H2,1H3. The molecule has 166 valence electrons. The van der Waals surface area contributed by atoms with Gasteiger partial charge in [-0.2, -0.15) is 0 Å². The number of ether oxygens (including phenoxy) is 1. The Balaban J connectivity index is 1.92. The number of hydrogen-bond acceptors (Lipinski definition) is 7. The highest BCUT2D eigenvalue weighted by Crippen LogP contribution is 2.33. The van der Waals surface area contributed by atoms with Gasteiger partial charge < -0.3 is 14.3 Å². The first-order valence-electron chi connectivity index (χ1n) is 9.88. The highest BCUT2D eigenvalue weighted by Gasteiger charge is 2.29. The number of carbonyl (C=O) groups excluding carboxylic acids is 2. The number of carbonyl (C=O) groups is 2. The van der Waals surface area contributed by atoms with Crippen molar-refractivity contribution in [3.8, 4) is 0 Å². The number of halogens is 1. The van der Waals surface area contributed by atoms with Crippen LogP contribution in [0.5, 0.6) is 0 Å². The van der Waals surface area contributed by atoms with Gasteiger partial charge in [-0.1, -0.05) is 12.1 Å². The zero-order chi connectivity index (χ0) is 22.6. The first kappa shape index (κ1) is 22.7. The van der Waals surface area contributed by atoms with Crippen LogP contribution >= 0.6 is 0 Å². The number of aliphatic hydroxyl groups is 1. The summed E-state index contributed by atoms with van der Waals surface area (Å²) in [5.74, 6) is -2.67. The van der Waals surface area contributed by atoms with Crippen LogP contribution in [0.15, 0.2) is 46.6 Å². The fraction of sp³-hybridized carbons (Fsp3) is 0.364. The van der Waals surface area contributed by atoms with E-state index in [1.807, 2.05) is 0 Å². The maximum absolute atomic E-state index is 13.2. The van der Waals surface area contributed by atoms with Crippen molar-refractivity contribution in [1.82, 2.24) is 0 Å². The molecule has 1 saturated heterocycles. The van der Waals surface area contributed by atoms with Crippen LogP contribution in [-0.4, -0.2) is 43.4 Å². The minimum absolute atomic E-state index is 0.0379. The fourth-order valence-electron chi connectivity index (χ4n) is 3.44. The molecule has 2 heterocycles. The molecule has 1 aromatic heterocycles. The predicted octanol–water partition coefficient (Wildman–Crippen LogP) is 3.49. The van der Waals surface area contributed by atoms with Crippen LogP contribution in [0.2, 0.25) is 0 Å². The minimum atomic E-state index is -3.06. The number of furan rings is 1. The summed E-state index contributed by atoms with van der Waals surface area (Å²) in [5, 5.41) is 9.82. The first-order chi connectivity index (χ1) is 14.7. The Morgan fingerprint density at radius 1 is 1.23 bits per heavy atom. The number of sulfone groups is 1. The number of allylic oxidation sites excluding steroid dienone is 1. The lowest BCUT2D eigenvalue weighted by molar-refractivity contribution is -0.141. The van der Waals surface area contributed by atoms with E-state index < -0.39 is 33.2 Å². The van der Waals surface area contributed by atoms with Gasteiger partial charge in [0.2, 0.25) is 11.5 Å². The van der Waals surface area contributed by atoms with Gasteiger partial charge in [0, 0.05) is 24.0 Å². The second-order valence-electron chi connectivity index (χ2n) is 7.35. The second kappa shape index (κ2) is 9.47. The lowest BCUT2D eigenvalue weighted by Crippen LogP contribution is -2.21. The molecule has 7 nitrogen and oxygen atoms in total. The van der Waals surface area contributed by atoms with Gasteiger partial charge in [-0.25, -0.2) is 17.6 Å². The van der Waals surface area contributed by atoms with Crippen molar-refractivity contribution in [1.29, 1.82) is 0 Å². The molecule has 0 amide bonds. The van der Waals surface area contributed by atoms with E-state index in [0.29, 0.717) is 24.2 Å². The number of hydrogen-bond donors (Lipinski definition) is 1. The molecule has 1 aliphatic rings. The van der Waals surface area contributed by atoms with Crippen molar-refractivity contribution in [2.75, 3.05) is 18.1 Å². The molecular weight excluding hydrogens is 427 g/mol. The highest BCUT2D eigenvalue weighted by atomic mass is 32.2. The quantitative estimate of drug-likeness (QED) is 0.297. The average molecular weight is 450 g/mol. The van der Waals surface area contributed by atoms with Gasteiger partial charge in [-0.3, -0.25) is 4.79 Å². The van der Waals surface area contributed by atoms with Crippen molar-refractivity contribution < 1.29 is 36.7 Å². The molecule has 2 aromatic rings. The van der Waals surface area contributed by atoms with E-state index in [4.69, 9.17) is 4.42 Å². The van der Waals surface area contributed by atoms with E-state index in [1.54, 1.807) is 25.1 Å². The summed E-state index contributed by atoms with van der Waals surface area (Å²) in [6.07, 6.45) is 1.75. The van der Waals surface area contributed by atoms with Gasteiger partial charge in [-0.15, -0.1) is 0 Å². The average Bonchev–Trinajstić information content (AvgIpc) is 3.13. The Kier molecular flexibility index (Phi) is 6.94. The van der Waals surface area contributed by atoms with Crippen LogP contribution in [-0.2, 0) is 25.8 Å². The van der Waals surface area contributed by atoms with E-state index in [2.05, 4.69) is 4.74 Å². The zero-order valence-electron chi connectivity index (χ0n) is 17.0. The van der Waals surface area contributed by atoms with Crippen molar-refractivity contribution in [3.05, 3.63) is 70.6 Å². The van der Waals surface area contributed by atoms with Crippen molar-refractivity contribution in [2.24, 2.45) is 0 Å². The van der Waals surface area contributed by atoms with E-state index >= 15 is 0 Å². The van der Waals surface area contributed by atoms with Crippen LogP contribution in [0.4, 0.5) is 4.39 Å². The molecule has 0 radical (unpaired) electrons. The maximum atomic E-state index is 13.2. The fourth-order valence-corrected chi connectivity index (χ4v) is 4.93. The third kappa shape index (κ3) is 5.81. The van der Waals surface area contributed by atoms with Crippen LogP contribution in [0.3, 0.4) is 0 Å². The molecule has 0 spiro atoms. The van der Waals surface area contributed by atoms with E-state index in [9.17, 15) is 27.5 Å². The molecule has 0 aliphatic carbocycles. The minimum Gasteiger partial charge on any atom is -0.502 e. The van der Waals surface area contributed by atoms with Crippen LogP contribution in [0.1, 0.15) is 53.1 Å². The van der Waals surface area contributed by atoms with Crippen LogP contribution in [0.25, 0.3) is 0 Å². The number of ketones is 1. The number of rotatable bonds is 7. The summed E-state index contributed by atoms with van der Waals surface area (Å²) >= 11 is 0. The largest absolute Gasteiger partial charge is 0.502 e. The summed E-state index contributed by atoms with van der Waals surface area (Å²) in [7, 11) is -3.06. The summed E-state index contributed by atoms with van der Waals surface area (Å²) in [5.41, 5.74) is 1.22. The van der Waals surface area contributed by atoms with Crippen LogP contribution < -0.4 is 0 Å². The molecule has 1 N–H and O–H groups in total. The zero-order valence-corrected chi connectivity index (χ0v) is 17.8. The normalized spacial score (nSPS) is 16.8. The molecule has 0 unspecified atom stereocenters. The second-order valence-corrected chi connectivity index (χ2v) is 9.65. The predicted molar refractivity (Wildman–Crippen MR) is 110 cm³/mol. The Morgan fingerprint density at radius 2 is 1.87 bits per heavy atom. The van der Waals surface area contributed by atoms with Crippen molar-refractivity contribution in [2.45, 2.75) is 32.1 Å². The van der Waals surface area contributed by atoms with E-state index in [0.717, 1.165) is 11.6 Å². The molecule has 1 aliphatic heterocycles. The van der Waals surface area contributed by atoms with Crippen LogP contribution in [0, 0.1) is 5.82 Å². The summed E-state index contributed by atoms with van der Waals surface area (Å²) in [4.78, 5) is 24.3. The monoisotopic (exact) mass is 450 g/mol. The molecule has 9 heteroatoms. The third-order valence-electron chi connectivity index (χ3n) is 5.07. The molecule has 0 atom stereocenters. The van der Waals surface area contributed by atoms with E-state index in [1.165, 1.54) is 12.1 Å². The summed E-state index contributed by atoms with van der Waals surface area (Å²) < 4.78 is 47.1. The topological polar surface area (TPSA) is 111 Å². The molecule has 1 fully saturated rings. The summed E-state index contributed by atoms with van der Waals surface area (Å²) in [6.45, 7) is 1.60. The Bertz CT molecular complexity index is 1080. The molecule has 0 saturated carbocycles. The number of esters is 1. The molecule has 0 bridgehead atoms. The molecule has 1 aromatic carbocycles. The van der Waals surface area contributed by atoms with Gasteiger partial charge in [0.15, 0.2) is 5.76 Å². The smallest absolute Gasteiger partial charge is 0.373 e. The van der Waals surface area contributed by atoms with Gasteiger partial charge in [0.05, 0.1) is 18.1 Å². The Labute approximate surface area is 179 Å². The molecular formula is C22H23FO7S. The maximum Gasteiger partial charge on any atom is 0.373 e. The summed E-state index contributed by atoms with van der Waals surface area (Å²) in [6, 6.07) is 7.45. The van der Waals surface area contributed by atoms with E-state index in [-0.39, 0.29) is 36.2 Å². The third-order valence-corrected chi connectivity index (χ3v) is 6.78. The van der Waals surface area contributed by atoms with Crippen molar-refractivity contribution in [3.63, 3.8) is 0 Å². The van der Waals surface area contributed by atoms with Gasteiger partial charge in [-0.05, 0) is 43.5 Å². The lowest BCUT2D eigenvalue weighted by Gasteiger charge is -2.19. The Hall–Kier alpha value is -2.94. The highest BCUT2D eigenvalue weighted by molar-refractivity contribution is 7.91.